The molecule has 4 rings (SSSR count). The molecule has 0 aliphatic heterocycles. The number of nitrogens with zero attached hydrogens (tertiary/aromatic N) is 2. The number of hydrogen-bond acceptors (Lipinski definition) is 4. The lowest BCUT2D eigenvalue weighted by Crippen LogP contribution is -2.13. The van der Waals surface area contributed by atoms with Gasteiger partial charge in [0.05, 0.1) is 5.56 Å². The topological polar surface area (TPSA) is 79.9 Å². The second-order valence-electron chi connectivity index (χ2n) is 6.28. The third-order valence-electron chi connectivity index (χ3n) is 4.27. The number of halogens is 1. The van der Waals surface area contributed by atoms with E-state index in [2.05, 4.69) is 20.5 Å². The van der Waals surface area contributed by atoms with Crippen molar-refractivity contribution in [1.29, 1.82) is 0 Å². The maximum atomic E-state index is 12.8. The lowest BCUT2D eigenvalue weighted by molar-refractivity contribution is 0.102. The van der Waals surface area contributed by atoms with Gasteiger partial charge in [-0.05, 0) is 54.1 Å². The molecule has 0 saturated carbocycles. The van der Waals surface area contributed by atoms with Crippen LogP contribution in [-0.2, 0) is 6.61 Å². The van der Waals surface area contributed by atoms with Crippen LogP contribution in [0.3, 0.4) is 0 Å². The van der Waals surface area contributed by atoms with Gasteiger partial charge in [0.2, 0.25) is 0 Å². The SMILES string of the molecule is O=C(Nc1ccc(-c2ncn[nH]2)cc1)c1ccccc1OCc1ccc(Cl)cc1. The standard InChI is InChI=1S/C22H17ClN4O2/c23-17-9-5-15(6-10-17)13-29-20-4-2-1-3-19(20)22(28)26-18-11-7-16(8-12-18)21-24-14-25-27-21/h1-12,14H,13H2,(H,26,28)(H,24,25,27). The van der Waals surface area contributed by atoms with Gasteiger partial charge in [-0.25, -0.2) is 4.98 Å². The van der Waals surface area contributed by atoms with Crippen molar-refractivity contribution in [2.45, 2.75) is 6.61 Å². The summed E-state index contributed by atoms with van der Waals surface area (Å²) in [7, 11) is 0. The van der Waals surface area contributed by atoms with E-state index in [0.717, 1.165) is 11.1 Å². The zero-order valence-electron chi connectivity index (χ0n) is 15.3. The molecule has 0 atom stereocenters. The van der Waals surface area contributed by atoms with Gasteiger partial charge in [-0.2, -0.15) is 5.10 Å². The summed E-state index contributed by atoms with van der Waals surface area (Å²) in [5.41, 5.74) is 2.98. The van der Waals surface area contributed by atoms with Crippen LogP contribution in [0.25, 0.3) is 11.4 Å². The highest BCUT2D eigenvalue weighted by molar-refractivity contribution is 6.30. The number of aromatic nitrogens is 3. The van der Waals surface area contributed by atoms with Crippen molar-refractivity contribution in [2.24, 2.45) is 0 Å². The number of aromatic amines is 1. The lowest BCUT2D eigenvalue weighted by atomic mass is 10.1. The fourth-order valence-corrected chi connectivity index (χ4v) is 2.90. The zero-order chi connectivity index (χ0) is 20.1. The Kier molecular flexibility index (Phi) is 5.54. The highest BCUT2D eigenvalue weighted by Crippen LogP contribution is 2.22. The minimum absolute atomic E-state index is 0.246. The Labute approximate surface area is 172 Å². The first-order chi connectivity index (χ1) is 14.2. The molecule has 3 aromatic carbocycles. The molecule has 0 bridgehead atoms. The zero-order valence-corrected chi connectivity index (χ0v) is 16.1. The van der Waals surface area contributed by atoms with E-state index in [1.165, 1.54) is 6.33 Å². The van der Waals surface area contributed by atoms with E-state index >= 15 is 0 Å². The number of ether oxygens (including phenoxy) is 1. The van der Waals surface area contributed by atoms with Gasteiger partial charge in [0.25, 0.3) is 5.91 Å². The maximum absolute atomic E-state index is 12.8. The number of benzene rings is 3. The number of H-pyrrole nitrogens is 1. The van der Waals surface area contributed by atoms with E-state index in [0.29, 0.717) is 34.5 Å². The second kappa shape index (κ2) is 8.58. The summed E-state index contributed by atoms with van der Waals surface area (Å²) in [5, 5.41) is 10.2. The number of anilines is 1. The first kappa shape index (κ1) is 18.7. The average Bonchev–Trinajstić information content (AvgIpc) is 3.29. The van der Waals surface area contributed by atoms with Crippen LogP contribution in [0.1, 0.15) is 15.9 Å². The molecule has 2 N–H and O–H groups in total. The number of hydrogen-bond donors (Lipinski definition) is 2. The molecule has 29 heavy (non-hydrogen) atoms. The van der Waals surface area contributed by atoms with Crippen LogP contribution in [0, 0.1) is 0 Å². The van der Waals surface area contributed by atoms with Gasteiger partial charge in [0.1, 0.15) is 18.7 Å². The van der Waals surface area contributed by atoms with Crippen molar-refractivity contribution < 1.29 is 9.53 Å². The molecule has 0 radical (unpaired) electrons. The highest BCUT2D eigenvalue weighted by Gasteiger charge is 2.13. The predicted molar refractivity (Wildman–Crippen MR) is 112 cm³/mol. The molecule has 0 aliphatic rings. The molecule has 4 aromatic rings. The number of para-hydroxylation sites is 1. The summed E-state index contributed by atoms with van der Waals surface area (Å²) in [6.07, 6.45) is 1.45. The summed E-state index contributed by atoms with van der Waals surface area (Å²) in [6, 6.07) is 21.9. The van der Waals surface area contributed by atoms with Gasteiger partial charge in [-0.3, -0.25) is 9.89 Å². The Morgan fingerprint density at radius 3 is 2.48 bits per heavy atom. The van der Waals surface area contributed by atoms with E-state index in [-0.39, 0.29) is 5.91 Å². The van der Waals surface area contributed by atoms with Crippen LogP contribution < -0.4 is 10.1 Å². The number of rotatable bonds is 6. The molecule has 1 amide bonds. The normalized spacial score (nSPS) is 10.5. The lowest BCUT2D eigenvalue weighted by Gasteiger charge is -2.12. The third kappa shape index (κ3) is 4.62. The largest absolute Gasteiger partial charge is 0.488 e. The van der Waals surface area contributed by atoms with Crippen molar-refractivity contribution >= 4 is 23.2 Å². The minimum Gasteiger partial charge on any atom is -0.488 e. The Bertz CT molecular complexity index is 1090. The first-order valence-electron chi connectivity index (χ1n) is 8.92. The molecule has 0 aliphatic carbocycles. The first-order valence-corrected chi connectivity index (χ1v) is 9.30. The summed E-state index contributed by atoms with van der Waals surface area (Å²) >= 11 is 5.91. The van der Waals surface area contributed by atoms with Crippen LogP contribution in [-0.4, -0.2) is 21.1 Å². The Hall–Kier alpha value is -3.64. The van der Waals surface area contributed by atoms with E-state index in [9.17, 15) is 4.79 Å². The predicted octanol–water partition coefficient (Wildman–Crippen LogP) is 4.96. The van der Waals surface area contributed by atoms with E-state index in [4.69, 9.17) is 16.3 Å². The number of carbonyl (C=O) groups is 1. The van der Waals surface area contributed by atoms with E-state index < -0.39 is 0 Å². The van der Waals surface area contributed by atoms with Crippen LogP contribution in [0.5, 0.6) is 5.75 Å². The molecule has 6 nitrogen and oxygen atoms in total. The Morgan fingerprint density at radius 1 is 1.00 bits per heavy atom. The molecule has 0 spiro atoms. The monoisotopic (exact) mass is 404 g/mol. The van der Waals surface area contributed by atoms with Crippen molar-refractivity contribution in [3.05, 3.63) is 95.3 Å². The van der Waals surface area contributed by atoms with Crippen LogP contribution in [0.4, 0.5) is 5.69 Å². The smallest absolute Gasteiger partial charge is 0.259 e. The highest BCUT2D eigenvalue weighted by atomic mass is 35.5. The number of carbonyl (C=O) groups excluding carboxylic acids is 1. The van der Waals surface area contributed by atoms with Crippen molar-refractivity contribution in [1.82, 2.24) is 15.2 Å². The van der Waals surface area contributed by atoms with Gasteiger partial charge in [0, 0.05) is 16.3 Å². The average molecular weight is 405 g/mol. The third-order valence-corrected chi connectivity index (χ3v) is 4.52. The molecule has 144 valence electrons. The molecule has 0 saturated heterocycles. The Morgan fingerprint density at radius 2 is 1.76 bits per heavy atom. The van der Waals surface area contributed by atoms with Gasteiger partial charge in [0.15, 0.2) is 5.82 Å². The van der Waals surface area contributed by atoms with E-state index in [1.807, 2.05) is 42.5 Å². The van der Waals surface area contributed by atoms with Crippen molar-refractivity contribution in [2.75, 3.05) is 5.32 Å². The number of nitrogens with one attached hydrogen (secondary N) is 2. The fourth-order valence-electron chi connectivity index (χ4n) is 2.78. The van der Waals surface area contributed by atoms with Crippen LogP contribution >= 0.6 is 11.6 Å². The molecule has 1 heterocycles. The van der Waals surface area contributed by atoms with Gasteiger partial charge in [-0.15, -0.1) is 0 Å². The maximum Gasteiger partial charge on any atom is 0.259 e. The quantitative estimate of drug-likeness (QED) is 0.476. The summed E-state index contributed by atoms with van der Waals surface area (Å²) in [5.74, 6) is 0.936. The van der Waals surface area contributed by atoms with E-state index in [1.54, 1.807) is 30.3 Å². The van der Waals surface area contributed by atoms with Crippen molar-refractivity contribution in [3.8, 4) is 17.1 Å². The summed E-state index contributed by atoms with van der Waals surface area (Å²) in [4.78, 5) is 16.9. The summed E-state index contributed by atoms with van der Waals surface area (Å²) < 4.78 is 5.87. The molecule has 0 fully saturated rings. The van der Waals surface area contributed by atoms with Crippen LogP contribution in [0.15, 0.2) is 79.1 Å². The minimum atomic E-state index is -0.246. The van der Waals surface area contributed by atoms with Gasteiger partial charge in [-0.1, -0.05) is 35.9 Å². The molecular formula is C22H17ClN4O2. The van der Waals surface area contributed by atoms with Gasteiger partial charge >= 0.3 is 0 Å². The fraction of sp³-hybridized carbons (Fsp3) is 0.0455. The molecule has 7 heteroatoms. The van der Waals surface area contributed by atoms with Crippen LogP contribution in [0.2, 0.25) is 5.02 Å². The van der Waals surface area contributed by atoms with Crippen molar-refractivity contribution in [3.63, 3.8) is 0 Å². The summed E-state index contributed by atoms with van der Waals surface area (Å²) in [6.45, 7) is 0.341. The molecular weight excluding hydrogens is 388 g/mol. The number of amides is 1. The second-order valence-corrected chi connectivity index (χ2v) is 6.71. The molecule has 1 aromatic heterocycles. The molecule has 0 unspecified atom stereocenters. The Balaban J connectivity index is 1.45. The van der Waals surface area contributed by atoms with Gasteiger partial charge < -0.3 is 10.1 Å².